The molecule has 0 aromatic heterocycles. The summed E-state index contributed by atoms with van der Waals surface area (Å²) in [4.78, 5) is 12.9. The van der Waals surface area contributed by atoms with E-state index in [4.69, 9.17) is 11.5 Å². The molecule has 0 bridgehead atoms. The van der Waals surface area contributed by atoms with Gasteiger partial charge in [0.1, 0.15) is 0 Å². The van der Waals surface area contributed by atoms with Crippen LogP contribution in [0.1, 0.15) is 42.9 Å². The molecule has 3 nitrogen and oxygen atoms in total. The number of carbonyl (C=O) groups is 1. The maximum atomic E-state index is 11.0. The van der Waals surface area contributed by atoms with E-state index in [1.165, 1.54) is 11.1 Å². The van der Waals surface area contributed by atoms with Crippen molar-refractivity contribution in [1.29, 1.82) is 0 Å². The molecule has 0 heterocycles. The zero-order chi connectivity index (χ0) is 13.8. The molecular formula is C16H19NO2. The van der Waals surface area contributed by atoms with Gasteiger partial charge in [-0.1, -0.05) is 37.1 Å². The first kappa shape index (κ1) is 13.6. The van der Waals surface area contributed by atoms with E-state index < -0.39 is 5.97 Å². The largest absolute Gasteiger partial charge is 0.480 e. The molecule has 2 atom stereocenters. The molecular weight excluding hydrogens is 238 g/mol. The third-order valence-electron chi connectivity index (χ3n) is 3.83. The SMILES string of the molecule is C#CCN(CC(=O)O)C1CCC(C)c2ccccc21. The van der Waals surface area contributed by atoms with Gasteiger partial charge in [0.25, 0.3) is 0 Å². The maximum absolute atomic E-state index is 11.0. The summed E-state index contributed by atoms with van der Waals surface area (Å²) in [5.74, 6) is 2.28. The lowest BCUT2D eigenvalue weighted by Gasteiger charge is -2.36. The minimum Gasteiger partial charge on any atom is -0.480 e. The van der Waals surface area contributed by atoms with Crippen molar-refractivity contribution in [2.75, 3.05) is 13.1 Å². The van der Waals surface area contributed by atoms with Gasteiger partial charge >= 0.3 is 5.97 Å². The molecule has 100 valence electrons. The van der Waals surface area contributed by atoms with Crippen molar-refractivity contribution >= 4 is 5.97 Å². The zero-order valence-electron chi connectivity index (χ0n) is 11.2. The van der Waals surface area contributed by atoms with Crippen LogP contribution in [0, 0.1) is 12.3 Å². The average molecular weight is 257 g/mol. The van der Waals surface area contributed by atoms with Crippen LogP contribution in [-0.4, -0.2) is 29.1 Å². The topological polar surface area (TPSA) is 40.5 Å². The van der Waals surface area contributed by atoms with Gasteiger partial charge in [0.2, 0.25) is 0 Å². The van der Waals surface area contributed by atoms with Crippen LogP contribution in [0.4, 0.5) is 0 Å². The summed E-state index contributed by atoms with van der Waals surface area (Å²) in [5.41, 5.74) is 2.56. The number of nitrogens with zero attached hydrogens (tertiary/aromatic N) is 1. The maximum Gasteiger partial charge on any atom is 0.317 e. The monoisotopic (exact) mass is 257 g/mol. The lowest BCUT2D eigenvalue weighted by atomic mass is 9.80. The predicted molar refractivity (Wildman–Crippen MR) is 74.9 cm³/mol. The Bertz CT molecular complexity index is 504. The van der Waals surface area contributed by atoms with Crippen molar-refractivity contribution in [1.82, 2.24) is 4.90 Å². The summed E-state index contributed by atoms with van der Waals surface area (Å²) in [7, 11) is 0. The second kappa shape index (κ2) is 5.90. The van der Waals surface area contributed by atoms with Crippen LogP contribution in [0.3, 0.4) is 0 Å². The van der Waals surface area contributed by atoms with Gasteiger partial charge in [0.05, 0.1) is 13.1 Å². The number of carboxylic acids is 1. The Morgan fingerprint density at radius 3 is 2.74 bits per heavy atom. The number of benzene rings is 1. The molecule has 2 unspecified atom stereocenters. The summed E-state index contributed by atoms with van der Waals surface area (Å²) in [6.07, 6.45) is 7.41. The fourth-order valence-corrected chi connectivity index (χ4v) is 2.93. The molecule has 1 aliphatic carbocycles. The Morgan fingerprint density at radius 2 is 2.11 bits per heavy atom. The number of carboxylic acid groups (broad SMARTS) is 1. The van der Waals surface area contributed by atoms with E-state index >= 15 is 0 Å². The Labute approximate surface area is 114 Å². The number of aliphatic carboxylic acids is 1. The predicted octanol–water partition coefficient (Wildman–Crippen LogP) is 2.64. The number of terminal acetylenes is 1. The number of fused-ring (bicyclic) bond motifs is 1. The van der Waals surface area contributed by atoms with E-state index in [2.05, 4.69) is 25.0 Å². The lowest BCUT2D eigenvalue weighted by molar-refractivity contribution is -0.138. The standard InChI is InChI=1S/C16H19NO2/c1-3-10-17(11-16(18)19)15-9-8-12(2)13-6-4-5-7-14(13)15/h1,4-7,12,15H,8-11H2,2H3,(H,18,19). The van der Waals surface area contributed by atoms with Crippen LogP contribution in [0.5, 0.6) is 0 Å². The third-order valence-corrected chi connectivity index (χ3v) is 3.83. The Morgan fingerprint density at radius 1 is 1.42 bits per heavy atom. The van der Waals surface area contributed by atoms with Crippen LogP contribution in [0.2, 0.25) is 0 Å². The van der Waals surface area contributed by atoms with Gasteiger partial charge in [-0.3, -0.25) is 9.69 Å². The first-order valence-corrected chi connectivity index (χ1v) is 6.61. The van der Waals surface area contributed by atoms with Gasteiger partial charge in [-0.05, 0) is 29.9 Å². The van der Waals surface area contributed by atoms with Crippen LogP contribution in [-0.2, 0) is 4.79 Å². The summed E-state index contributed by atoms with van der Waals surface area (Å²) in [6.45, 7) is 2.59. The number of hydrogen-bond acceptors (Lipinski definition) is 2. The zero-order valence-corrected chi connectivity index (χ0v) is 11.2. The second-order valence-electron chi connectivity index (χ2n) is 5.13. The van der Waals surface area contributed by atoms with E-state index in [0.29, 0.717) is 12.5 Å². The van der Waals surface area contributed by atoms with E-state index in [-0.39, 0.29) is 12.6 Å². The Balaban J connectivity index is 2.31. The van der Waals surface area contributed by atoms with Gasteiger partial charge < -0.3 is 5.11 Å². The first-order valence-electron chi connectivity index (χ1n) is 6.61. The van der Waals surface area contributed by atoms with Crippen LogP contribution < -0.4 is 0 Å². The fourth-order valence-electron chi connectivity index (χ4n) is 2.93. The minimum atomic E-state index is -0.827. The van der Waals surface area contributed by atoms with Crippen molar-refractivity contribution in [3.8, 4) is 12.3 Å². The normalized spacial score (nSPS) is 21.7. The van der Waals surface area contributed by atoms with Crippen molar-refractivity contribution in [2.45, 2.75) is 31.7 Å². The number of hydrogen-bond donors (Lipinski definition) is 1. The molecule has 0 saturated heterocycles. The molecule has 1 aromatic carbocycles. The van der Waals surface area contributed by atoms with Gasteiger partial charge in [0, 0.05) is 6.04 Å². The van der Waals surface area contributed by atoms with Crippen LogP contribution in [0.15, 0.2) is 24.3 Å². The molecule has 0 fully saturated rings. The highest BCUT2D eigenvalue weighted by Crippen LogP contribution is 2.39. The van der Waals surface area contributed by atoms with E-state index in [1.54, 1.807) is 0 Å². The van der Waals surface area contributed by atoms with E-state index in [1.807, 2.05) is 17.0 Å². The molecule has 0 spiro atoms. The molecule has 0 saturated carbocycles. The van der Waals surface area contributed by atoms with Crippen LogP contribution in [0.25, 0.3) is 0 Å². The molecule has 1 N–H and O–H groups in total. The average Bonchev–Trinajstić information content (AvgIpc) is 2.39. The van der Waals surface area contributed by atoms with Crippen molar-refractivity contribution in [3.05, 3.63) is 35.4 Å². The molecule has 1 aliphatic rings. The van der Waals surface area contributed by atoms with Crippen molar-refractivity contribution in [2.24, 2.45) is 0 Å². The highest BCUT2D eigenvalue weighted by molar-refractivity contribution is 5.69. The van der Waals surface area contributed by atoms with Gasteiger partial charge in [-0.2, -0.15) is 0 Å². The first-order chi connectivity index (χ1) is 9.13. The molecule has 0 amide bonds. The molecule has 19 heavy (non-hydrogen) atoms. The van der Waals surface area contributed by atoms with E-state index in [0.717, 1.165) is 12.8 Å². The highest BCUT2D eigenvalue weighted by Gasteiger charge is 2.29. The Hall–Kier alpha value is -1.79. The van der Waals surface area contributed by atoms with Crippen LogP contribution >= 0.6 is 0 Å². The fraction of sp³-hybridized carbons (Fsp3) is 0.438. The second-order valence-corrected chi connectivity index (χ2v) is 5.13. The smallest absolute Gasteiger partial charge is 0.317 e. The minimum absolute atomic E-state index is 0.00240. The molecule has 0 radical (unpaired) electrons. The molecule has 3 heteroatoms. The third kappa shape index (κ3) is 2.97. The van der Waals surface area contributed by atoms with Gasteiger partial charge in [-0.25, -0.2) is 0 Å². The summed E-state index contributed by atoms with van der Waals surface area (Å²) in [6, 6.07) is 8.42. The van der Waals surface area contributed by atoms with E-state index in [9.17, 15) is 4.79 Å². The lowest BCUT2D eigenvalue weighted by Crippen LogP contribution is -2.36. The van der Waals surface area contributed by atoms with Crippen molar-refractivity contribution in [3.63, 3.8) is 0 Å². The molecule has 0 aliphatic heterocycles. The molecule has 1 aromatic rings. The summed E-state index contributed by atoms with van der Waals surface area (Å²) >= 11 is 0. The summed E-state index contributed by atoms with van der Waals surface area (Å²) < 4.78 is 0. The Kier molecular flexibility index (Phi) is 4.24. The highest BCUT2D eigenvalue weighted by atomic mass is 16.4. The van der Waals surface area contributed by atoms with Crippen molar-refractivity contribution < 1.29 is 9.90 Å². The van der Waals surface area contributed by atoms with Gasteiger partial charge in [0.15, 0.2) is 0 Å². The summed E-state index contributed by atoms with van der Waals surface area (Å²) in [5, 5.41) is 9.03. The molecule has 2 rings (SSSR count). The quantitative estimate of drug-likeness (QED) is 0.843. The van der Waals surface area contributed by atoms with Gasteiger partial charge in [-0.15, -0.1) is 6.42 Å². The number of rotatable bonds is 4.